The molecule has 10 heteroatoms. The third-order valence-electron chi connectivity index (χ3n) is 8.08. The Morgan fingerprint density at radius 1 is 0.952 bits per heavy atom. The molecule has 1 aliphatic heterocycles. The second kappa shape index (κ2) is 15.6. The number of aryl methyl sites for hydroxylation is 1. The van der Waals surface area contributed by atoms with E-state index in [0.717, 1.165) is 62.6 Å². The van der Waals surface area contributed by atoms with Crippen molar-refractivity contribution in [2.45, 2.75) is 89.3 Å². The zero-order chi connectivity index (χ0) is 29.9. The highest BCUT2D eigenvalue weighted by atomic mass is 35.5. The second-order valence-electron chi connectivity index (χ2n) is 11.2. The maximum atomic E-state index is 13.4. The Morgan fingerprint density at radius 3 is 2.50 bits per heavy atom. The van der Waals surface area contributed by atoms with E-state index in [4.69, 9.17) is 16.3 Å². The number of anilines is 1. The molecule has 2 aromatic carbocycles. The summed E-state index contributed by atoms with van der Waals surface area (Å²) < 4.78 is 5.34. The Balaban J connectivity index is 1.37. The first kappa shape index (κ1) is 31.3. The number of alkyl carbamates (subject to hydrolysis) is 1. The van der Waals surface area contributed by atoms with E-state index in [1.807, 2.05) is 24.3 Å². The Morgan fingerprint density at radius 2 is 1.74 bits per heavy atom. The van der Waals surface area contributed by atoms with Crippen molar-refractivity contribution in [1.29, 1.82) is 0 Å². The van der Waals surface area contributed by atoms with Gasteiger partial charge in [-0.25, -0.2) is 9.59 Å². The van der Waals surface area contributed by atoms with Gasteiger partial charge < -0.3 is 25.4 Å². The van der Waals surface area contributed by atoms with Gasteiger partial charge in [0.25, 0.3) is 0 Å². The van der Waals surface area contributed by atoms with Crippen LogP contribution >= 0.6 is 11.6 Å². The number of carbonyl (C=O) groups excluding carboxylic acids is 3. The number of hydrogen-bond donors (Lipinski definition) is 3. The summed E-state index contributed by atoms with van der Waals surface area (Å²) in [6.07, 6.45) is 7.38. The number of nitrogens with zero attached hydrogens (tertiary/aromatic N) is 1. The highest BCUT2D eigenvalue weighted by Crippen LogP contribution is 2.28. The van der Waals surface area contributed by atoms with Crippen LogP contribution in [0.3, 0.4) is 0 Å². The van der Waals surface area contributed by atoms with E-state index in [1.165, 1.54) is 0 Å². The zero-order valence-corrected chi connectivity index (χ0v) is 24.6. The molecule has 3 N–H and O–H groups in total. The van der Waals surface area contributed by atoms with E-state index < -0.39 is 30.1 Å². The van der Waals surface area contributed by atoms with E-state index in [2.05, 4.69) is 10.6 Å². The predicted molar refractivity (Wildman–Crippen MR) is 160 cm³/mol. The molecule has 2 aliphatic rings. The second-order valence-corrected chi connectivity index (χ2v) is 11.6. The Bertz CT molecular complexity index is 1250. The van der Waals surface area contributed by atoms with Crippen molar-refractivity contribution in [2.24, 2.45) is 5.92 Å². The molecule has 0 saturated heterocycles. The minimum Gasteiger partial charge on any atom is -0.480 e. The van der Waals surface area contributed by atoms with Gasteiger partial charge in [0, 0.05) is 23.7 Å². The molecule has 1 aliphatic carbocycles. The van der Waals surface area contributed by atoms with Gasteiger partial charge in [0.05, 0.1) is 0 Å². The van der Waals surface area contributed by atoms with Crippen LogP contribution < -0.4 is 15.5 Å². The van der Waals surface area contributed by atoms with Crippen LogP contribution in [0.4, 0.5) is 10.5 Å². The van der Waals surface area contributed by atoms with Gasteiger partial charge in [-0.1, -0.05) is 74.0 Å². The first-order valence-corrected chi connectivity index (χ1v) is 15.3. The fourth-order valence-electron chi connectivity index (χ4n) is 5.83. The van der Waals surface area contributed by atoms with Gasteiger partial charge in [-0.15, -0.1) is 0 Å². The SMILES string of the molecule is O=C(NC(CC1CCCCC1)C(=O)NC(CCC(=O)N1CCCCc2ccccc21)C(=O)O)OCc1cccc(Cl)c1. The number of fused-ring (bicyclic) bond motifs is 1. The summed E-state index contributed by atoms with van der Waals surface area (Å²) >= 11 is 6.01. The van der Waals surface area contributed by atoms with E-state index in [9.17, 15) is 24.3 Å². The lowest BCUT2D eigenvalue weighted by Crippen LogP contribution is -2.52. The molecule has 1 fully saturated rings. The number of para-hydroxylation sites is 1. The lowest BCUT2D eigenvalue weighted by Gasteiger charge is -2.27. The average Bonchev–Trinajstić information content (AvgIpc) is 3.21. The third-order valence-corrected chi connectivity index (χ3v) is 8.32. The van der Waals surface area contributed by atoms with Crippen LogP contribution in [-0.2, 0) is 32.1 Å². The van der Waals surface area contributed by atoms with E-state index in [1.54, 1.807) is 29.2 Å². The van der Waals surface area contributed by atoms with Crippen LogP contribution in [0.1, 0.15) is 75.3 Å². The molecule has 226 valence electrons. The fraction of sp³-hybridized carbons (Fsp3) is 0.500. The van der Waals surface area contributed by atoms with Crippen molar-refractivity contribution in [2.75, 3.05) is 11.4 Å². The summed E-state index contributed by atoms with van der Waals surface area (Å²) in [4.78, 5) is 53.1. The molecule has 0 bridgehead atoms. The number of aliphatic carboxylic acids is 1. The highest BCUT2D eigenvalue weighted by molar-refractivity contribution is 6.30. The van der Waals surface area contributed by atoms with Crippen LogP contribution in [0.15, 0.2) is 48.5 Å². The number of carboxylic acid groups (broad SMARTS) is 1. The number of ether oxygens (including phenoxy) is 1. The maximum absolute atomic E-state index is 13.4. The first-order valence-electron chi connectivity index (χ1n) is 14.9. The number of halogens is 1. The molecule has 2 aromatic rings. The summed E-state index contributed by atoms with van der Waals surface area (Å²) in [5, 5.41) is 15.7. The van der Waals surface area contributed by atoms with Crippen molar-refractivity contribution in [3.8, 4) is 0 Å². The molecule has 2 atom stereocenters. The lowest BCUT2D eigenvalue weighted by molar-refractivity contribution is -0.142. The number of hydrogen-bond acceptors (Lipinski definition) is 5. The molecular formula is C32H40ClN3O6. The molecule has 0 aromatic heterocycles. The maximum Gasteiger partial charge on any atom is 0.408 e. The van der Waals surface area contributed by atoms with Gasteiger partial charge in [-0.2, -0.15) is 0 Å². The Labute approximate surface area is 251 Å². The van der Waals surface area contributed by atoms with Crippen LogP contribution in [0, 0.1) is 5.92 Å². The Kier molecular flexibility index (Phi) is 11.6. The van der Waals surface area contributed by atoms with Crippen LogP contribution in [0.2, 0.25) is 5.02 Å². The summed E-state index contributed by atoms with van der Waals surface area (Å²) in [5.41, 5.74) is 2.67. The minimum absolute atomic E-state index is 0.0242. The minimum atomic E-state index is -1.28. The summed E-state index contributed by atoms with van der Waals surface area (Å²) in [6, 6.07) is 12.5. The molecule has 4 rings (SSSR count). The number of amides is 3. The van der Waals surface area contributed by atoms with E-state index in [0.29, 0.717) is 23.6 Å². The largest absolute Gasteiger partial charge is 0.480 e. The standard InChI is InChI=1S/C32H40ClN3O6/c33-25-14-8-11-23(19-25)21-42-32(41)35-27(20-22-9-2-1-3-10-22)30(38)34-26(31(39)40)16-17-29(37)36-18-7-6-13-24-12-4-5-15-28(24)36/h4-5,8,11-12,14-15,19,22,26-27H,1-3,6-7,9-10,13,16-18,20-21H2,(H,34,38)(H,35,41)(H,39,40). The topological polar surface area (TPSA) is 125 Å². The number of carbonyl (C=O) groups is 4. The average molecular weight is 598 g/mol. The van der Waals surface area contributed by atoms with Crippen molar-refractivity contribution in [3.05, 3.63) is 64.7 Å². The normalized spacial score (nSPS) is 16.8. The molecular weight excluding hydrogens is 558 g/mol. The lowest BCUT2D eigenvalue weighted by atomic mass is 9.84. The van der Waals surface area contributed by atoms with Crippen molar-refractivity contribution in [1.82, 2.24) is 10.6 Å². The van der Waals surface area contributed by atoms with Gasteiger partial charge in [-0.05, 0) is 67.3 Å². The van der Waals surface area contributed by atoms with Crippen LogP contribution in [0.5, 0.6) is 0 Å². The molecule has 42 heavy (non-hydrogen) atoms. The molecule has 2 unspecified atom stereocenters. The zero-order valence-electron chi connectivity index (χ0n) is 23.9. The van der Waals surface area contributed by atoms with Gasteiger partial charge in [0.2, 0.25) is 11.8 Å². The van der Waals surface area contributed by atoms with Gasteiger partial charge in [0.15, 0.2) is 0 Å². The molecule has 0 spiro atoms. The molecule has 9 nitrogen and oxygen atoms in total. The predicted octanol–water partition coefficient (Wildman–Crippen LogP) is 5.62. The van der Waals surface area contributed by atoms with Crippen LogP contribution in [0.25, 0.3) is 0 Å². The third kappa shape index (κ3) is 9.21. The number of benzene rings is 2. The molecule has 3 amide bonds. The quantitative estimate of drug-likeness (QED) is 0.308. The number of nitrogens with one attached hydrogen (secondary N) is 2. The summed E-state index contributed by atoms with van der Waals surface area (Å²) in [7, 11) is 0. The number of rotatable bonds is 11. The molecule has 0 radical (unpaired) electrons. The van der Waals surface area contributed by atoms with Gasteiger partial charge in [-0.3, -0.25) is 9.59 Å². The fourth-order valence-corrected chi connectivity index (χ4v) is 6.04. The van der Waals surface area contributed by atoms with Crippen molar-refractivity contribution >= 4 is 41.2 Å². The van der Waals surface area contributed by atoms with Crippen molar-refractivity contribution < 1.29 is 29.0 Å². The first-order chi connectivity index (χ1) is 20.3. The smallest absolute Gasteiger partial charge is 0.408 e. The van der Waals surface area contributed by atoms with Crippen molar-refractivity contribution in [3.63, 3.8) is 0 Å². The summed E-state index contributed by atoms with van der Waals surface area (Å²) in [5.74, 6) is -1.77. The van der Waals surface area contributed by atoms with E-state index in [-0.39, 0.29) is 31.3 Å². The Hall–Kier alpha value is -3.59. The monoisotopic (exact) mass is 597 g/mol. The van der Waals surface area contributed by atoms with Crippen LogP contribution in [-0.4, -0.2) is 47.6 Å². The molecule has 1 saturated carbocycles. The van der Waals surface area contributed by atoms with E-state index >= 15 is 0 Å². The molecule has 1 heterocycles. The summed E-state index contributed by atoms with van der Waals surface area (Å²) in [6.45, 7) is 0.550. The van der Waals surface area contributed by atoms with Gasteiger partial charge in [0.1, 0.15) is 18.7 Å². The highest BCUT2D eigenvalue weighted by Gasteiger charge is 2.31. The van der Waals surface area contributed by atoms with Gasteiger partial charge >= 0.3 is 12.1 Å². The number of carboxylic acids is 1.